The molecule has 2 atom stereocenters. The Bertz CT molecular complexity index is 1140. The van der Waals surface area contributed by atoms with Gasteiger partial charge in [0.2, 0.25) is 0 Å². The van der Waals surface area contributed by atoms with E-state index in [1.807, 2.05) is 58.0 Å². The quantitative estimate of drug-likeness (QED) is 0.456. The summed E-state index contributed by atoms with van der Waals surface area (Å²) in [4.78, 5) is 40.2. The van der Waals surface area contributed by atoms with Gasteiger partial charge in [-0.05, 0) is 83.2 Å². The van der Waals surface area contributed by atoms with Gasteiger partial charge in [0.25, 0.3) is 11.8 Å². The number of carbonyl (C=O) groups excluding carboxylic acids is 3. The van der Waals surface area contributed by atoms with Crippen molar-refractivity contribution in [1.29, 1.82) is 0 Å². The van der Waals surface area contributed by atoms with Crippen molar-refractivity contribution in [2.75, 3.05) is 5.32 Å². The van der Waals surface area contributed by atoms with Gasteiger partial charge in [0.15, 0.2) is 0 Å². The van der Waals surface area contributed by atoms with Crippen molar-refractivity contribution in [3.8, 4) is 12.5 Å². The molecular formula is C28H35N3O4. The molecule has 2 aromatic rings. The Balaban J connectivity index is 2.44. The van der Waals surface area contributed by atoms with Crippen LogP contribution < -0.4 is 10.6 Å². The van der Waals surface area contributed by atoms with Crippen molar-refractivity contribution in [2.45, 2.75) is 73.1 Å². The molecule has 2 aromatic carbocycles. The number of terminal acetylenes is 1. The lowest BCUT2D eigenvalue weighted by Crippen LogP contribution is -2.49. The fourth-order valence-corrected chi connectivity index (χ4v) is 3.58. The van der Waals surface area contributed by atoms with Crippen LogP contribution in [-0.4, -0.2) is 34.5 Å². The van der Waals surface area contributed by atoms with Crippen LogP contribution in [0.25, 0.3) is 0 Å². The highest BCUT2D eigenvalue weighted by atomic mass is 16.6. The SMILES string of the molecule is C#CN(C(=O)C(C)NC(=O)OC(C)(C)C)C(C(=O)Nc1c(C)cccc1C)c1ccc(C)c(C)c1. The van der Waals surface area contributed by atoms with Gasteiger partial charge in [-0.1, -0.05) is 42.8 Å². The average Bonchev–Trinajstić information content (AvgIpc) is 2.74. The van der Waals surface area contributed by atoms with Crippen molar-refractivity contribution in [3.63, 3.8) is 0 Å². The molecule has 2 N–H and O–H groups in total. The van der Waals surface area contributed by atoms with Crippen LogP contribution in [0.3, 0.4) is 0 Å². The predicted molar refractivity (Wildman–Crippen MR) is 138 cm³/mol. The molecule has 2 unspecified atom stereocenters. The Morgan fingerprint density at radius 3 is 2.09 bits per heavy atom. The van der Waals surface area contributed by atoms with Crippen molar-refractivity contribution in [3.05, 3.63) is 64.2 Å². The third-order valence-electron chi connectivity index (χ3n) is 5.56. The lowest BCUT2D eigenvalue weighted by Gasteiger charge is -2.30. The number of para-hydroxylation sites is 1. The molecule has 0 saturated heterocycles. The Labute approximate surface area is 208 Å². The number of aryl methyl sites for hydroxylation is 4. The number of alkyl carbamates (subject to hydrolysis) is 1. The van der Waals surface area contributed by atoms with Crippen molar-refractivity contribution in [2.24, 2.45) is 0 Å². The van der Waals surface area contributed by atoms with Crippen LogP contribution in [0.4, 0.5) is 10.5 Å². The molecule has 0 aliphatic carbocycles. The second kappa shape index (κ2) is 11.1. The first-order valence-corrected chi connectivity index (χ1v) is 11.5. The van der Waals surface area contributed by atoms with E-state index in [2.05, 4.69) is 16.7 Å². The molecule has 7 heteroatoms. The zero-order valence-corrected chi connectivity index (χ0v) is 21.8. The molecule has 0 spiro atoms. The first-order chi connectivity index (χ1) is 16.2. The summed E-state index contributed by atoms with van der Waals surface area (Å²) in [6.45, 7) is 14.3. The van der Waals surface area contributed by atoms with E-state index >= 15 is 0 Å². The fraction of sp³-hybridized carbons (Fsp3) is 0.393. The molecule has 35 heavy (non-hydrogen) atoms. The van der Waals surface area contributed by atoms with Gasteiger partial charge in [0.05, 0.1) is 0 Å². The summed E-state index contributed by atoms with van der Waals surface area (Å²) in [7, 11) is 0. The number of carbonyl (C=O) groups is 3. The monoisotopic (exact) mass is 477 g/mol. The number of nitrogens with one attached hydrogen (secondary N) is 2. The Kier molecular flexibility index (Phi) is 8.70. The third-order valence-corrected chi connectivity index (χ3v) is 5.56. The van der Waals surface area contributed by atoms with E-state index < -0.39 is 35.6 Å². The molecule has 0 aliphatic rings. The molecule has 2 rings (SSSR count). The minimum absolute atomic E-state index is 0.457. The van der Waals surface area contributed by atoms with Crippen LogP contribution in [-0.2, 0) is 14.3 Å². The molecule has 3 amide bonds. The second-order valence-corrected chi connectivity index (χ2v) is 9.71. The van der Waals surface area contributed by atoms with E-state index in [0.717, 1.165) is 27.2 Å². The number of ether oxygens (including phenoxy) is 1. The van der Waals surface area contributed by atoms with Gasteiger partial charge in [0.1, 0.15) is 17.7 Å². The zero-order chi connectivity index (χ0) is 26.5. The molecule has 0 heterocycles. The number of hydrogen-bond acceptors (Lipinski definition) is 4. The van der Waals surface area contributed by atoms with Crippen molar-refractivity contribution < 1.29 is 19.1 Å². The van der Waals surface area contributed by atoms with Crippen LogP contribution in [0.1, 0.15) is 61.6 Å². The summed E-state index contributed by atoms with van der Waals surface area (Å²) in [5, 5.41) is 5.46. The number of hydrogen-bond donors (Lipinski definition) is 2. The van der Waals surface area contributed by atoms with Gasteiger partial charge in [-0.15, -0.1) is 0 Å². The van der Waals surface area contributed by atoms with Crippen LogP contribution >= 0.6 is 0 Å². The fourth-order valence-electron chi connectivity index (χ4n) is 3.58. The highest BCUT2D eigenvalue weighted by Crippen LogP contribution is 2.27. The molecule has 0 bridgehead atoms. The zero-order valence-electron chi connectivity index (χ0n) is 21.8. The number of rotatable bonds is 6. The van der Waals surface area contributed by atoms with E-state index in [0.29, 0.717) is 11.3 Å². The maximum absolute atomic E-state index is 13.6. The molecule has 7 nitrogen and oxygen atoms in total. The van der Waals surface area contributed by atoms with E-state index in [9.17, 15) is 14.4 Å². The summed E-state index contributed by atoms with van der Waals surface area (Å²) >= 11 is 0. The largest absolute Gasteiger partial charge is 0.444 e. The number of benzene rings is 2. The van der Waals surface area contributed by atoms with E-state index in [1.165, 1.54) is 6.92 Å². The van der Waals surface area contributed by atoms with Gasteiger partial charge in [0, 0.05) is 11.7 Å². The third kappa shape index (κ3) is 7.10. The number of amides is 3. The summed E-state index contributed by atoms with van der Waals surface area (Å²) in [5.41, 5.74) is 4.26. The van der Waals surface area contributed by atoms with Crippen molar-refractivity contribution in [1.82, 2.24) is 10.2 Å². The van der Waals surface area contributed by atoms with Crippen LogP contribution in [0, 0.1) is 40.2 Å². The van der Waals surface area contributed by atoms with Gasteiger partial charge in [-0.3, -0.25) is 14.5 Å². The smallest absolute Gasteiger partial charge is 0.408 e. The average molecular weight is 478 g/mol. The van der Waals surface area contributed by atoms with Crippen LogP contribution in [0.2, 0.25) is 0 Å². The first-order valence-electron chi connectivity index (χ1n) is 11.5. The first kappa shape index (κ1) is 27.5. The standard InChI is InChI=1S/C28H35N3O4/c1-10-31(26(33)21(6)29-27(34)35-28(7,8)9)24(22-15-14-17(2)20(5)16-22)25(32)30-23-18(3)12-11-13-19(23)4/h1,11-16,21,24H,2-9H3,(H,29,34)(H,30,32). The highest BCUT2D eigenvalue weighted by Gasteiger charge is 2.34. The van der Waals surface area contributed by atoms with Gasteiger partial charge >= 0.3 is 6.09 Å². The normalized spacial score (nSPS) is 12.7. The Morgan fingerprint density at radius 2 is 1.57 bits per heavy atom. The summed E-state index contributed by atoms with van der Waals surface area (Å²) in [6, 6.07) is 11.4. The summed E-state index contributed by atoms with van der Waals surface area (Å²) in [5.74, 6) is -1.07. The predicted octanol–water partition coefficient (Wildman–Crippen LogP) is 4.93. The van der Waals surface area contributed by atoms with E-state index in [-0.39, 0.29) is 0 Å². The van der Waals surface area contributed by atoms with Gasteiger partial charge < -0.3 is 15.4 Å². The molecule has 0 aliphatic heterocycles. The minimum Gasteiger partial charge on any atom is -0.444 e. The Hall–Kier alpha value is -3.79. The Morgan fingerprint density at radius 1 is 0.971 bits per heavy atom. The molecular weight excluding hydrogens is 442 g/mol. The number of nitrogens with zero attached hydrogens (tertiary/aromatic N) is 1. The number of anilines is 1. The van der Waals surface area contributed by atoms with E-state index in [4.69, 9.17) is 11.2 Å². The molecule has 0 fully saturated rings. The molecule has 0 radical (unpaired) electrons. The van der Waals surface area contributed by atoms with E-state index in [1.54, 1.807) is 26.8 Å². The summed E-state index contributed by atoms with van der Waals surface area (Å²) < 4.78 is 5.25. The maximum Gasteiger partial charge on any atom is 0.408 e. The maximum atomic E-state index is 13.6. The van der Waals surface area contributed by atoms with Crippen molar-refractivity contribution >= 4 is 23.6 Å². The molecule has 186 valence electrons. The lowest BCUT2D eigenvalue weighted by atomic mass is 9.98. The summed E-state index contributed by atoms with van der Waals surface area (Å²) in [6.07, 6.45) is 5.02. The highest BCUT2D eigenvalue weighted by molar-refractivity contribution is 6.00. The van der Waals surface area contributed by atoms with Crippen LogP contribution in [0.5, 0.6) is 0 Å². The lowest BCUT2D eigenvalue weighted by molar-refractivity contribution is -0.136. The minimum atomic E-state index is -1.12. The topological polar surface area (TPSA) is 87.7 Å². The van der Waals surface area contributed by atoms with Gasteiger partial charge in [-0.2, -0.15) is 0 Å². The molecule has 0 saturated carbocycles. The molecule has 0 aromatic heterocycles. The van der Waals surface area contributed by atoms with Crippen LogP contribution in [0.15, 0.2) is 36.4 Å². The second-order valence-electron chi connectivity index (χ2n) is 9.71. The van der Waals surface area contributed by atoms with Gasteiger partial charge in [-0.25, -0.2) is 4.79 Å².